The van der Waals surface area contributed by atoms with Gasteiger partial charge in [0, 0.05) is 24.8 Å². The van der Waals surface area contributed by atoms with Gasteiger partial charge in [-0.25, -0.2) is 0 Å². The molecule has 0 aliphatic heterocycles. The van der Waals surface area contributed by atoms with Crippen LogP contribution >= 0.6 is 0 Å². The van der Waals surface area contributed by atoms with E-state index in [4.69, 9.17) is 4.74 Å². The van der Waals surface area contributed by atoms with Crippen LogP contribution in [0.4, 0.5) is 5.69 Å². The molecule has 4 saturated carbocycles. The topological polar surface area (TPSA) is 82.0 Å². The van der Waals surface area contributed by atoms with Crippen LogP contribution in [-0.2, 0) is 17.6 Å². The Kier molecular flexibility index (Phi) is 5.88. The molecule has 0 heterocycles. The minimum atomic E-state index is -1.01. The van der Waals surface area contributed by atoms with Crippen molar-refractivity contribution >= 4 is 5.69 Å². The van der Waals surface area contributed by atoms with Crippen molar-refractivity contribution in [2.75, 3.05) is 19.0 Å². The lowest BCUT2D eigenvalue weighted by Crippen LogP contribution is -2.64. The maximum atomic E-state index is 12.4. The molecule has 204 valence electrons. The number of ether oxygens (including phenoxy) is 1. The van der Waals surface area contributed by atoms with Crippen LogP contribution in [0.15, 0.2) is 30.0 Å². The summed E-state index contributed by atoms with van der Waals surface area (Å²) in [5, 5.41) is 36.7. The van der Waals surface area contributed by atoms with Crippen molar-refractivity contribution in [1.29, 1.82) is 0 Å². The largest absolute Gasteiger partial charge is 0.512 e. The number of anilines is 1. The number of aliphatic hydroxyl groups excluding tert-OH is 2. The Labute approximate surface area is 222 Å². The predicted octanol–water partition coefficient (Wildman–Crippen LogP) is 5.64. The molecule has 6 rings (SSSR count). The maximum Gasteiger partial charge on any atom is 0.111 e. The summed E-state index contributed by atoms with van der Waals surface area (Å²) >= 11 is 0. The number of fused-ring (bicyclic) bond motifs is 2. The van der Waals surface area contributed by atoms with Gasteiger partial charge in [0.2, 0.25) is 0 Å². The Morgan fingerprint density at radius 3 is 2.62 bits per heavy atom. The molecule has 0 aromatic heterocycles. The van der Waals surface area contributed by atoms with Gasteiger partial charge in [0.25, 0.3) is 0 Å². The van der Waals surface area contributed by atoms with Gasteiger partial charge in [-0.15, -0.1) is 0 Å². The van der Waals surface area contributed by atoms with Gasteiger partial charge in [-0.05, 0) is 110 Å². The molecule has 0 amide bonds. The van der Waals surface area contributed by atoms with E-state index in [1.807, 2.05) is 6.92 Å². The Bertz CT molecular complexity index is 1100. The number of hydrogen-bond acceptors (Lipinski definition) is 5. The van der Waals surface area contributed by atoms with Crippen LogP contribution in [0.25, 0.3) is 0 Å². The van der Waals surface area contributed by atoms with Crippen molar-refractivity contribution in [1.82, 2.24) is 0 Å². The molecule has 5 nitrogen and oxygen atoms in total. The monoisotopic (exact) mass is 509 g/mol. The summed E-state index contributed by atoms with van der Waals surface area (Å²) in [7, 11) is 1.68. The van der Waals surface area contributed by atoms with Crippen molar-refractivity contribution in [2.45, 2.75) is 96.9 Å². The third kappa shape index (κ3) is 3.08. The van der Waals surface area contributed by atoms with E-state index in [-0.39, 0.29) is 28.3 Å². The lowest BCUT2D eigenvalue weighted by Gasteiger charge is -2.61. The van der Waals surface area contributed by atoms with E-state index in [2.05, 4.69) is 44.3 Å². The fourth-order valence-electron chi connectivity index (χ4n) is 11.0. The number of nitrogens with one attached hydrogen (secondary N) is 1. The molecule has 4 fully saturated rings. The average Bonchev–Trinajstić information content (AvgIpc) is 3.48. The van der Waals surface area contributed by atoms with Crippen LogP contribution in [-0.4, -0.2) is 46.8 Å². The number of aliphatic hydroxyl groups is 3. The fraction of sp³-hybridized carbons (Fsp3) is 0.750. The Morgan fingerprint density at radius 2 is 1.92 bits per heavy atom. The Balaban J connectivity index is 1.28. The highest BCUT2D eigenvalue weighted by atomic mass is 16.5. The lowest BCUT2D eigenvalue weighted by molar-refractivity contribution is -0.218. The van der Waals surface area contributed by atoms with E-state index in [0.717, 1.165) is 24.9 Å². The molecule has 1 aromatic rings. The Morgan fingerprint density at radius 1 is 1.16 bits per heavy atom. The summed E-state index contributed by atoms with van der Waals surface area (Å²) in [6.45, 7) is 9.41. The van der Waals surface area contributed by atoms with Gasteiger partial charge in [0.15, 0.2) is 0 Å². The molecule has 4 bridgehead atoms. The van der Waals surface area contributed by atoms with Crippen LogP contribution < -0.4 is 5.32 Å². The van der Waals surface area contributed by atoms with Crippen LogP contribution in [0.3, 0.4) is 0 Å². The molecule has 10 atom stereocenters. The molecule has 5 heteroatoms. The van der Waals surface area contributed by atoms with Gasteiger partial charge in [-0.2, -0.15) is 0 Å². The van der Waals surface area contributed by atoms with Gasteiger partial charge < -0.3 is 25.4 Å². The van der Waals surface area contributed by atoms with E-state index < -0.39 is 11.7 Å². The molecule has 0 unspecified atom stereocenters. The summed E-state index contributed by atoms with van der Waals surface area (Å²) in [6.07, 6.45) is 10.3. The number of hydrogen-bond donors (Lipinski definition) is 4. The Hall–Kier alpha value is -1.56. The van der Waals surface area contributed by atoms with Crippen LogP contribution in [0, 0.1) is 39.9 Å². The molecule has 4 N–H and O–H groups in total. The van der Waals surface area contributed by atoms with Crippen molar-refractivity contribution < 1.29 is 20.1 Å². The standard InChI is InChI=1S/C32H47NO4/c1-6-22-8-7-20(14-25(22)33-18-19(2)34)13-21-9-11-31(17-21)12-10-23-15-24-28-26(35)16-27(37-5)32(28,36)29(23,3)30(24,31)4/h7-8,14,16,19,21,23-24,27-28,33-36H,6,9-13,15,17-18H2,1-5H3/t19-,21-,23+,24-,27+,28+,29-,30-,31-,32+/m0/s1. The second-order valence-electron chi connectivity index (χ2n) is 13.7. The second kappa shape index (κ2) is 8.47. The first-order chi connectivity index (χ1) is 17.6. The van der Waals surface area contributed by atoms with Crippen molar-refractivity contribution in [3.05, 3.63) is 41.2 Å². The number of aryl methyl sites for hydroxylation is 1. The second-order valence-corrected chi connectivity index (χ2v) is 13.7. The van der Waals surface area contributed by atoms with Crippen molar-refractivity contribution in [3.63, 3.8) is 0 Å². The van der Waals surface area contributed by atoms with Crippen molar-refractivity contribution in [3.8, 4) is 0 Å². The number of benzene rings is 1. The molecular weight excluding hydrogens is 462 g/mol. The number of methoxy groups -OCH3 is 1. The molecule has 1 aromatic carbocycles. The average molecular weight is 510 g/mol. The highest BCUT2D eigenvalue weighted by molar-refractivity contribution is 5.53. The van der Waals surface area contributed by atoms with Gasteiger partial charge in [-0.3, -0.25) is 0 Å². The first-order valence-electron chi connectivity index (χ1n) is 14.7. The number of rotatable bonds is 7. The van der Waals surface area contributed by atoms with Crippen LogP contribution in [0.2, 0.25) is 0 Å². The quantitative estimate of drug-likeness (QED) is 0.382. The van der Waals surface area contributed by atoms with E-state index in [1.54, 1.807) is 13.2 Å². The molecule has 0 radical (unpaired) electrons. The minimum absolute atomic E-state index is 0.00779. The van der Waals surface area contributed by atoms with Gasteiger partial charge >= 0.3 is 0 Å². The summed E-state index contributed by atoms with van der Waals surface area (Å²) in [5.74, 6) is 1.61. The molecule has 37 heavy (non-hydrogen) atoms. The van der Waals surface area contributed by atoms with Gasteiger partial charge in [0.05, 0.1) is 17.8 Å². The van der Waals surface area contributed by atoms with Gasteiger partial charge in [-0.1, -0.05) is 32.9 Å². The minimum Gasteiger partial charge on any atom is -0.512 e. The molecule has 5 aliphatic rings. The fourth-order valence-corrected chi connectivity index (χ4v) is 11.0. The molecule has 1 spiro atoms. The zero-order chi connectivity index (χ0) is 26.4. The maximum absolute atomic E-state index is 12.4. The summed E-state index contributed by atoms with van der Waals surface area (Å²) < 4.78 is 5.83. The highest BCUT2D eigenvalue weighted by Crippen LogP contribution is 2.86. The van der Waals surface area contributed by atoms with Gasteiger partial charge in [0.1, 0.15) is 11.7 Å². The molecule has 5 aliphatic carbocycles. The molecular formula is C32H47NO4. The van der Waals surface area contributed by atoms with E-state index in [0.29, 0.717) is 30.1 Å². The third-order valence-corrected chi connectivity index (χ3v) is 12.7. The van der Waals surface area contributed by atoms with Crippen LogP contribution in [0.1, 0.15) is 77.3 Å². The normalized spacial score (nSPS) is 46.4. The summed E-state index contributed by atoms with van der Waals surface area (Å²) in [6, 6.07) is 6.87. The first-order valence-corrected chi connectivity index (χ1v) is 14.7. The third-order valence-electron chi connectivity index (χ3n) is 12.7. The van der Waals surface area contributed by atoms with E-state index >= 15 is 0 Å². The highest BCUT2D eigenvalue weighted by Gasteiger charge is 2.86. The lowest BCUT2D eigenvalue weighted by atomic mass is 9.44. The zero-order valence-electron chi connectivity index (χ0n) is 23.4. The predicted molar refractivity (Wildman–Crippen MR) is 146 cm³/mol. The van der Waals surface area contributed by atoms with E-state index in [1.165, 1.54) is 43.2 Å². The SMILES string of the molecule is CCc1ccc(C[C@@H]2CC[C@]3(CC[C@@H]4C[C@H]5[C@@H]6C(O)=C[C@@H](OC)[C@]6(O)[C@]4(C)[C@]53C)C2)cc1NC[C@H](C)O. The summed E-state index contributed by atoms with van der Waals surface area (Å²) in [4.78, 5) is 0. The van der Waals surface area contributed by atoms with Crippen LogP contribution in [0.5, 0.6) is 0 Å². The van der Waals surface area contributed by atoms with E-state index in [9.17, 15) is 15.3 Å². The zero-order valence-corrected chi connectivity index (χ0v) is 23.4. The van der Waals surface area contributed by atoms with Crippen molar-refractivity contribution in [2.24, 2.45) is 39.9 Å². The first kappa shape index (κ1) is 25.7. The summed E-state index contributed by atoms with van der Waals surface area (Å²) in [5.41, 5.74) is 2.76. The smallest absolute Gasteiger partial charge is 0.111 e. The molecule has 0 saturated heterocycles.